The highest BCUT2D eigenvalue weighted by molar-refractivity contribution is 5.86. The molecule has 0 unspecified atom stereocenters. The number of ether oxygens (including phenoxy) is 1. The molecule has 0 aliphatic heterocycles. The molecule has 2 aromatic rings. The molecule has 0 aliphatic carbocycles. The molecule has 1 aromatic carbocycles. The highest BCUT2D eigenvalue weighted by atomic mass is 16.5. The first-order chi connectivity index (χ1) is 9.51. The Hall–Kier alpha value is -2.30. The number of hydrogen-bond acceptors (Lipinski definition) is 4. The van der Waals surface area contributed by atoms with Gasteiger partial charge >= 0.3 is 5.97 Å². The number of hydrogen-bond donors (Lipinski definition) is 1. The Bertz CT molecular complexity index is 616. The smallest absolute Gasteiger partial charge is 0.373 e. The Kier molecular flexibility index (Phi) is 4.08. The SMILES string of the molecule is CCc1nc(-c2cccc(OC(C)C)c2)oc1C(=O)O. The predicted octanol–water partition coefficient (Wildman–Crippen LogP) is 3.39. The van der Waals surface area contributed by atoms with E-state index < -0.39 is 5.97 Å². The van der Waals surface area contributed by atoms with Crippen LogP contribution < -0.4 is 4.74 Å². The zero-order chi connectivity index (χ0) is 14.7. The zero-order valence-electron chi connectivity index (χ0n) is 11.7. The fourth-order valence-corrected chi connectivity index (χ4v) is 1.86. The Balaban J connectivity index is 2.38. The van der Waals surface area contributed by atoms with Crippen LogP contribution in [0.25, 0.3) is 11.5 Å². The van der Waals surface area contributed by atoms with Gasteiger partial charge in [0, 0.05) is 5.56 Å². The minimum atomic E-state index is -1.10. The Morgan fingerprint density at radius 2 is 2.20 bits per heavy atom. The quantitative estimate of drug-likeness (QED) is 0.905. The van der Waals surface area contributed by atoms with Crippen LogP contribution in [0.2, 0.25) is 0 Å². The van der Waals surface area contributed by atoms with E-state index in [1.54, 1.807) is 6.07 Å². The second-order valence-electron chi connectivity index (χ2n) is 4.65. The predicted molar refractivity (Wildman–Crippen MR) is 74.0 cm³/mol. The van der Waals surface area contributed by atoms with Crippen molar-refractivity contribution in [2.75, 3.05) is 0 Å². The molecule has 0 bridgehead atoms. The molecule has 1 N–H and O–H groups in total. The number of rotatable bonds is 5. The summed E-state index contributed by atoms with van der Waals surface area (Å²) in [7, 11) is 0. The lowest BCUT2D eigenvalue weighted by Gasteiger charge is -2.09. The van der Waals surface area contributed by atoms with E-state index in [1.807, 2.05) is 39.0 Å². The molecule has 0 saturated heterocycles. The number of oxazole rings is 1. The summed E-state index contributed by atoms with van der Waals surface area (Å²) in [4.78, 5) is 15.3. The minimum absolute atomic E-state index is 0.0654. The number of aromatic carboxylic acids is 1. The molecule has 1 aromatic heterocycles. The van der Waals surface area contributed by atoms with E-state index in [2.05, 4.69) is 4.98 Å². The Morgan fingerprint density at radius 1 is 1.45 bits per heavy atom. The van der Waals surface area contributed by atoms with E-state index in [0.717, 1.165) is 0 Å². The first kappa shape index (κ1) is 14.1. The number of carbonyl (C=O) groups is 1. The number of benzene rings is 1. The lowest BCUT2D eigenvalue weighted by Crippen LogP contribution is -2.05. The van der Waals surface area contributed by atoms with Crippen LogP contribution >= 0.6 is 0 Å². The number of carboxylic acids is 1. The molecule has 1 heterocycles. The van der Waals surface area contributed by atoms with E-state index in [0.29, 0.717) is 29.3 Å². The summed E-state index contributed by atoms with van der Waals surface area (Å²) in [6, 6.07) is 7.26. The molecule has 0 spiro atoms. The summed E-state index contributed by atoms with van der Waals surface area (Å²) < 4.78 is 10.9. The lowest BCUT2D eigenvalue weighted by molar-refractivity contribution is 0.0662. The number of carboxylic acid groups (broad SMARTS) is 1. The van der Waals surface area contributed by atoms with Crippen LogP contribution in [-0.2, 0) is 6.42 Å². The van der Waals surface area contributed by atoms with Gasteiger partial charge in [-0.05, 0) is 38.5 Å². The van der Waals surface area contributed by atoms with Gasteiger partial charge < -0.3 is 14.3 Å². The maximum Gasteiger partial charge on any atom is 0.373 e. The van der Waals surface area contributed by atoms with Gasteiger partial charge in [-0.25, -0.2) is 9.78 Å². The molecule has 0 radical (unpaired) electrons. The van der Waals surface area contributed by atoms with Crippen molar-refractivity contribution in [2.24, 2.45) is 0 Å². The molecule has 0 saturated carbocycles. The molecule has 0 aliphatic rings. The van der Waals surface area contributed by atoms with Gasteiger partial charge in [0.2, 0.25) is 11.7 Å². The second-order valence-corrected chi connectivity index (χ2v) is 4.65. The molecule has 106 valence electrons. The summed E-state index contributed by atoms with van der Waals surface area (Å²) in [5, 5.41) is 9.07. The van der Waals surface area contributed by atoms with Crippen LogP contribution in [-0.4, -0.2) is 22.2 Å². The standard InChI is InChI=1S/C15H17NO4/c1-4-12-13(15(17)18)20-14(16-12)10-6-5-7-11(8-10)19-9(2)3/h5-9H,4H2,1-3H3,(H,17,18). The first-order valence-corrected chi connectivity index (χ1v) is 6.51. The summed E-state index contributed by atoms with van der Waals surface area (Å²) in [5.74, 6) is -0.202. The van der Waals surface area contributed by atoms with Crippen LogP contribution in [0.3, 0.4) is 0 Å². The maximum absolute atomic E-state index is 11.1. The van der Waals surface area contributed by atoms with Crippen LogP contribution in [0.4, 0.5) is 0 Å². The average Bonchev–Trinajstić information content (AvgIpc) is 2.82. The first-order valence-electron chi connectivity index (χ1n) is 6.51. The Labute approximate surface area is 117 Å². The largest absolute Gasteiger partial charge is 0.491 e. The van der Waals surface area contributed by atoms with E-state index in [1.165, 1.54) is 0 Å². The molecular weight excluding hydrogens is 258 g/mol. The van der Waals surface area contributed by atoms with Gasteiger partial charge in [0.05, 0.1) is 11.8 Å². The van der Waals surface area contributed by atoms with Crippen molar-refractivity contribution < 1.29 is 19.1 Å². The molecule has 0 amide bonds. The lowest BCUT2D eigenvalue weighted by atomic mass is 10.2. The van der Waals surface area contributed by atoms with Crippen molar-refractivity contribution >= 4 is 5.97 Å². The van der Waals surface area contributed by atoms with Crippen LogP contribution in [0.5, 0.6) is 5.75 Å². The van der Waals surface area contributed by atoms with E-state index in [4.69, 9.17) is 14.3 Å². The van der Waals surface area contributed by atoms with Crippen molar-refractivity contribution in [3.63, 3.8) is 0 Å². The van der Waals surface area contributed by atoms with E-state index in [-0.39, 0.29) is 11.9 Å². The second kappa shape index (κ2) is 5.77. The van der Waals surface area contributed by atoms with E-state index >= 15 is 0 Å². The van der Waals surface area contributed by atoms with Crippen LogP contribution in [0.15, 0.2) is 28.7 Å². The average molecular weight is 275 g/mol. The monoisotopic (exact) mass is 275 g/mol. The molecule has 20 heavy (non-hydrogen) atoms. The van der Waals surface area contributed by atoms with Gasteiger partial charge in [-0.1, -0.05) is 13.0 Å². The number of aryl methyl sites for hydroxylation is 1. The van der Waals surface area contributed by atoms with Crippen molar-refractivity contribution in [2.45, 2.75) is 33.3 Å². The van der Waals surface area contributed by atoms with E-state index in [9.17, 15) is 4.79 Å². The molecule has 0 fully saturated rings. The summed E-state index contributed by atoms with van der Waals surface area (Å²) in [6.07, 6.45) is 0.573. The molecular formula is C15H17NO4. The summed E-state index contributed by atoms with van der Waals surface area (Å²) >= 11 is 0. The van der Waals surface area contributed by atoms with Crippen molar-refractivity contribution in [3.8, 4) is 17.2 Å². The van der Waals surface area contributed by atoms with Crippen LogP contribution in [0.1, 0.15) is 37.0 Å². The Morgan fingerprint density at radius 3 is 2.75 bits per heavy atom. The van der Waals surface area contributed by atoms with Gasteiger partial charge in [0.25, 0.3) is 0 Å². The van der Waals surface area contributed by atoms with Gasteiger partial charge in [0.15, 0.2) is 0 Å². The molecule has 5 nitrogen and oxygen atoms in total. The third-order valence-electron chi connectivity index (χ3n) is 2.68. The van der Waals surface area contributed by atoms with Gasteiger partial charge in [-0.15, -0.1) is 0 Å². The normalized spacial score (nSPS) is 10.8. The zero-order valence-corrected chi connectivity index (χ0v) is 11.7. The van der Waals surface area contributed by atoms with Crippen molar-refractivity contribution in [3.05, 3.63) is 35.7 Å². The topological polar surface area (TPSA) is 72.6 Å². The third-order valence-corrected chi connectivity index (χ3v) is 2.68. The molecule has 0 atom stereocenters. The maximum atomic E-state index is 11.1. The van der Waals surface area contributed by atoms with Gasteiger partial charge in [-0.2, -0.15) is 0 Å². The number of nitrogens with zero attached hydrogens (tertiary/aromatic N) is 1. The van der Waals surface area contributed by atoms with Gasteiger partial charge in [0.1, 0.15) is 5.75 Å². The fraction of sp³-hybridized carbons (Fsp3) is 0.333. The summed E-state index contributed by atoms with van der Waals surface area (Å²) in [5.41, 5.74) is 1.15. The molecule has 2 rings (SSSR count). The van der Waals surface area contributed by atoms with Gasteiger partial charge in [-0.3, -0.25) is 0 Å². The molecule has 5 heteroatoms. The number of aromatic nitrogens is 1. The summed E-state index contributed by atoms with van der Waals surface area (Å²) in [6.45, 7) is 5.72. The van der Waals surface area contributed by atoms with Crippen LogP contribution in [0, 0.1) is 0 Å². The highest BCUT2D eigenvalue weighted by Crippen LogP contribution is 2.26. The van der Waals surface area contributed by atoms with Crippen molar-refractivity contribution in [1.29, 1.82) is 0 Å². The highest BCUT2D eigenvalue weighted by Gasteiger charge is 2.19. The van der Waals surface area contributed by atoms with Crippen molar-refractivity contribution in [1.82, 2.24) is 4.98 Å². The third kappa shape index (κ3) is 2.99. The minimum Gasteiger partial charge on any atom is -0.491 e. The fourth-order valence-electron chi connectivity index (χ4n) is 1.86.